The van der Waals surface area contributed by atoms with Crippen LogP contribution in [0, 0.1) is 5.92 Å². The Morgan fingerprint density at radius 1 is 1.39 bits per heavy atom. The third-order valence-corrected chi connectivity index (χ3v) is 4.21. The maximum atomic E-state index is 4.54. The summed E-state index contributed by atoms with van der Waals surface area (Å²) in [7, 11) is 2.04. The smallest absolute Gasteiger partial charge is 0.0766 e. The molecule has 0 aliphatic carbocycles. The van der Waals surface area contributed by atoms with Crippen molar-refractivity contribution in [2.75, 3.05) is 13.1 Å². The number of halogens is 1. The lowest BCUT2D eigenvalue weighted by Crippen LogP contribution is -2.22. The van der Waals surface area contributed by atoms with E-state index in [-0.39, 0.29) is 0 Å². The fraction of sp³-hybridized carbons (Fsp3) is 0.786. The Kier molecular flexibility index (Phi) is 6.94. The van der Waals surface area contributed by atoms with Gasteiger partial charge in [0.2, 0.25) is 0 Å². The Labute approximate surface area is 119 Å². The van der Waals surface area contributed by atoms with Crippen LogP contribution in [-0.4, -0.2) is 22.9 Å². The molecule has 1 aromatic rings. The molecular formula is C14H26BrN3. The molecule has 0 aliphatic heterocycles. The Morgan fingerprint density at radius 3 is 2.67 bits per heavy atom. The molecule has 4 heteroatoms. The van der Waals surface area contributed by atoms with Crippen molar-refractivity contribution in [2.45, 2.75) is 46.5 Å². The first-order valence-corrected chi connectivity index (χ1v) is 7.80. The van der Waals surface area contributed by atoms with E-state index in [1.807, 2.05) is 11.7 Å². The maximum absolute atomic E-state index is 4.54. The van der Waals surface area contributed by atoms with Gasteiger partial charge in [-0.05, 0) is 60.6 Å². The molecule has 0 radical (unpaired) electrons. The zero-order chi connectivity index (χ0) is 13.5. The van der Waals surface area contributed by atoms with Crippen LogP contribution in [-0.2, 0) is 19.9 Å². The summed E-state index contributed by atoms with van der Waals surface area (Å²) >= 11 is 3.68. The summed E-state index contributed by atoms with van der Waals surface area (Å²) in [6, 6.07) is 0. The molecule has 0 aliphatic rings. The van der Waals surface area contributed by atoms with Crippen molar-refractivity contribution in [1.29, 1.82) is 0 Å². The fourth-order valence-corrected chi connectivity index (χ4v) is 2.92. The molecular weight excluding hydrogens is 290 g/mol. The number of nitrogens with one attached hydrogen (secondary N) is 1. The SMILES string of the molecule is CCCNCC(C)CCc1c(Br)c(CC)nn1C. The van der Waals surface area contributed by atoms with Gasteiger partial charge in [0.1, 0.15) is 0 Å². The van der Waals surface area contributed by atoms with Crippen molar-refractivity contribution in [3.8, 4) is 0 Å². The minimum Gasteiger partial charge on any atom is -0.316 e. The van der Waals surface area contributed by atoms with E-state index in [1.165, 1.54) is 28.7 Å². The molecule has 0 amide bonds. The third-order valence-electron chi connectivity index (χ3n) is 3.30. The second-order valence-electron chi connectivity index (χ2n) is 5.03. The lowest BCUT2D eigenvalue weighted by molar-refractivity contribution is 0.474. The van der Waals surface area contributed by atoms with Crippen molar-refractivity contribution in [1.82, 2.24) is 15.1 Å². The van der Waals surface area contributed by atoms with Crippen molar-refractivity contribution < 1.29 is 0 Å². The Balaban J connectivity index is 2.45. The summed E-state index contributed by atoms with van der Waals surface area (Å²) in [5, 5.41) is 8.02. The van der Waals surface area contributed by atoms with Gasteiger partial charge < -0.3 is 5.32 Å². The molecule has 3 nitrogen and oxygen atoms in total. The molecule has 0 saturated heterocycles. The number of rotatable bonds is 8. The molecule has 0 saturated carbocycles. The summed E-state index contributed by atoms with van der Waals surface area (Å²) in [6.45, 7) is 8.90. The van der Waals surface area contributed by atoms with Crippen LogP contribution >= 0.6 is 15.9 Å². The zero-order valence-corrected chi connectivity index (χ0v) is 13.7. The normalized spacial score (nSPS) is 12.9. The van der Waals surface area contributed by atoms with Crippen LogP contribution in [0.2, 0.25) is 0 Å². The maximum Gasteiger partial charge on any atom is 0.0766 e. The Morgan fingerprint density at radius 2 is 2.11 bits per heavy atom. The topological polar surface area (TPSA) is 29.9 Å². The molecule has 1 N–H and O–H groups in total. The molecule has 1 unspecified atom stereocenters. The van der Waals surface area contributed by atoms with E-state index in [0.717, 1.165) is 25.9 Å². The molecule has 1 rings (SSSR count). The van der Waals surface area contributed by atoms with Gasteiger partial charge in [-0.2, -0.15) is 5.10 Å². The van der Waals surface area contributed by atoms with Crippen molar-refractivity contribution in [3.05, 3.63) is 15.9 Å². The van der Waals surface area contributed by atoms with Crippen LogP contribution < -0.4 is 5.32 Å². The number of nitrogens with zero attached hydrogens (tertiary/aromatic N) is 2. The van der Waals surface area contributed by atoms with Crippen molar-refractivity contribution in [2.24, 2.45) is 13.0 Å². The molecule has 18 heavy (non-hydrogen) atoms. The van der Waals surface area contributed by atoms with Gasteiger partial charge in [-0.15, -0.1) is 0 Å². The Bertz CT molecular complexity index is 360. The molecule has 1 atom stereocenters. The van der Waals surface area contributed by atoms with Gasteiger partial charge in [0, 0.05) is 7.05 Å². The van der Waals surface area contributed by atoms with E-state index in [9.17, 15) is 0 Å². The summed E-state index contributed by atoms with van der Waals surface area (Å²) < 4.78 is 3.23. The van der Waals surface area contributed by atoms with E-state index in [2.05, 4.69) is 47.1 Å². The number of aromatic nitrogens is 2. The van der Waals surface area contributed by atoms with Crippen LogP contribution in [0.25, 0.3) is 0 Å². The van der Waals surface area contributed by atoms with Gasteiger partial charge in [-0.3, -0.25) is 4.68 Å². The van der Waals surface area contributed by atoms with E-state index in [4.69, 9.17) is 0 Å². The third kappa shape index (κ3) is 4.39. The summed E-state index contributed by atoms with van der Waals surface area (Å²) in [4.78, 5) is 0. The first kappa shape index (κ1) is 15.7. The monoisotopic (exact) mass is 315 g/mol. The van der Waals surface area contributed by atoms with Gasteiger partial charge in [-0.1, -0.05) is 20.8 Å². The predicted octanol–water partition coefficient (Wildman–Crippen LogP) is 3.31. The van der Waals surface area contributed by atoms with Crippen molar-refractivity contribution >= 4 is 15.9 Å². The zero-order valence-electron chi connectivity index (χ0n) is 12.1. The lowest BCUT2D eigenvalue weighted by Gasteiger charge is -2.12. The first-order valence-electron chi connectivity index (χ1n) is 7.01. The molecule has 104 valence electrons. The second-order valence-corrected chi connectivity index (χ2v) is 5.83. The van der Waals surface area contributed by atoms with Crippen LogP contribution in [0.4, 0.5) is 0 Å². The highest BCUT2D eigenvalue weighted by Crippen LogP contribution is 2.23. The second kappa shape index (κ2) is 7.95. The van der Waals surface area contributed by atoms with Crippen LogP contribution in [0.15, 0.2) is 4.47 Å². The predicted molar refractivity (Wildman–Crippen MR) is 80.9 cm³/mol. The minimum atomic E-state index is 0.712. The molecule has 1 heterocycles. The number of hydrogen-bond acceptors (Lipinski definition) is 2. The lowest BCUT2D eigenvalue weighted by atomic mass is 10.0. The standard InChI is InChI=1S/C14H26BrN3/c1-5-9-16-10-11(3)7-8-13-14(15)12(6-2)17-18(13)4/h11,16H,5-10H2,1-4H3. The Hall–Kier alpha value is -0.350. The number of aryl methyl sites for hydroxylation is 2. The largest absolute Gasteiger partial charge is 0.316 e. The van der Waals surface area contributed by atoms with Crippen LogP contribution in [0.3, 0.4) is 0 Å². The summed E-state index contributed by atoms with van der Waals surface area (Å²) in [5.41, 5.74) is 2.50. The average molecular weight is 316 g/mol. The van der Waals surface area contributed by atoms with Crippen LogP contribution in [0.5, 0.6) is 0 Å². The molecule has 1 aromatic heterocycles. The summed E-state index contributed by atoms with van der Waals surface area (Å²) in [6.07, 6.45) is 4.50. The highest BCUT2D eigenvalue weighted by Gasteiger charge is 2.13. The minimum absolute atomic E-state index is 0.712. The highest BCUT2D eigenvalue weighted by atomic mass is 79.9. The molecule has 0 bridgehead atoms. The van der Waals surface area contributed by atoms with E-state index in [0.29, 0.717) is 5.92 Å². The first-order chi connectivity index (χ1) is 8.60. The van der Waals surface area contributed by atoms with E-state index in [1.54, 1.807) is 0 Å². The molecule has 0 fully saturated rings. The van der Waals surface area contributed by atoms with Gasteiger partial charge in [0.05, 0.1) is 15.9 Å². The van der Waals surface area contributed by atoms with Crippen LogP contribution in [0.1, 0.15) is 45.0 Å². The van der Waals surface area contributed by atoms with Gasteiger partial charge in [-0.25, -0.2) is 0 Å². The number of hydrogen-bond donors (Lipinski definition) is 1. The van der Waals surface area contributed by atoms with E-state index < -0.39 is 0 Å². The highest BCUT2D eigenvalue weighted by molar-refractivity contribution is 9.10. The fourth-order valence-electron chi connectivity index (χ4n) is 2.10. The van der Waals surface area contributed by atoms with Gasteiger partial charge in [0.25, 0.3) is 0 Å². The van der Waals surface area contributed by atoms with E-state index >= 15 is 0 Å². The summed E-state index contributed by atoms with van der Waals surface area (Å²) in [5.74, 6) is 0.712. The van der Waals surface area contributed by atoms with Gasteiger partial charge in [0.15, 0.2) is 0 Å². The van der Waals surface area contributed by atoms with Crippen molar-refractivity contribution in [3.63, 3.8) is 0 Å². The average Bonchev–Trinajstić information content (AvgIpc) is 2.62. The molecule has 0 spiro atoms. The molecule has 0 aromatic carbocycles. The quantitative estimate of drug-likeness (QED) is 0.746. The van der Waals surface area contributed by atoms with Gasteiger partial charge >= 0.3 is 0 Å².